The van der Waals surface area contributed by atoms with Crippen LogP contribution in [-0.4, -0.2) is 69.0 Å². The van der Waals surface area contributed by atoms with E-state index in [0.717, 1.165) is 84.6 Å². The van der Waals surface area contributed by atoms with Gasteiger partial charge in [0.05, 0.1) is 34.2 Å². The summed E-state index contributed by atoms with van der Waals surface area (Å²) in [6.07, 6.45) is -1.76. The quantitative estimate of drug-likeness (QED) is 0.150. The maximum Gasteiger partial charge on any atom is 0.514 e. The molecule has 3 atom stereocenters. The zero-order chi connectivity index (χ0) is 43.7. The lowest BCUT2D eigenvalue weighted by Crippen LogP contribution is -2.71. The smallest absolute Gasteiger partial charge is 0.332 e. The number of benzene rings is 6. The van der Waals surface area contributed by atoms with Gasteiger partial charge < -0.3 is 14.4 Å². The normalized spacial score (nSPS) is 18.4. The second kappa shape index (κ2) is 13.8. The van der Waals surface area contributed by atoms with Crippen LogP contribution in [0.2, 0.25) is 0 Å². The summed E-state index contributed by atoms with van der Waals surface area (Å²) in [7, 11) is -0.475. The van der Waals surface area contributed by atoms with Crippen molar-refractivity contribution in [1.82, 2.24) is 44.3 Å². The number of fused-ring (bicyclic) bond motifs is 9. The molecule has 0 aliphatic carbocycles. The summed E-state index contributed by atoms with van der Waals surface area (Å²) < 4.78 is 0. The number of rotatable bonds is 6. The van der Waals surface area contributed by atoms with Crippen molar-refractivity contribution in [2.24, 2.45) is 15.0 Å². The van der Waals surface area contributed by atoms with Gasteiger partial charge in [0.2, 0.25) is 0 Å². The van der Waals surface area contributed by atoms with Gasteiger partial charge >= 0.3 is 7.12 Å². The molecule has 0 saturated heterocycles. The lowest BCUT2D eigenvalue weighted by atomic mass is 9.78. The molecule has 6 aliphatic heterocycles. The van der Waals surface area contributed by atoms with E-state index in [-0.39, 0.29) is 0 Å². The molecule has 0 fully saturated rings. The minimum absolute atomic E-state index is 0.475. The van der Waals surface area contributed by atoms with E-state index in [0.29, 0.717) is 34.6 Å². The van der Waals surface area contributed by atoms with Crippen molar-refractivity contribution >= 4 is 24.6 Å². The van der Waals surface area contributed by atoms with Crippen LogP contribution in [0.4, 0.5) is 0 Å². The van der Waals surface area contributed by atoms with Crippen molar-refractivity contribution in [2.45, 2.75) is 18.5 Å². The highest BCUT2D eigenvalue weighted by molar-refractivity contribution is 6.63. The Bertz CT molecular complexity index is 3230. The van der Waals surface area contributed by atoms with Crippen molar-refractivity contribution in [2.75, 3.05) is 0 Å². The summed E-state index contributed by atoms with van der Waals surface area (Å²) in [6, 6.07) is 61.6. The first-order valence-electron chi connectivity index (χ1n) is 22.4. The van der Waals surface area contributed by atoms with Crippen LogP contribution >= 0.6 is 0 Å². The SMILES string of the molecule is c1ccc(-c2nc3c(nc2-c2ccccc2)C2N=C4c5nc(-c6ccccc6)c(-c6ccccc6)nc5C5N=C6c7nc(-c8ccccc8)c(-c8ccccc8)nc7C7N=C3N2B(N45)N67)cc1. The lowest BCUT2D eigenvalue weighted by molar-refractivity contribution is 0.280. The Balaban J connectivity index is 1.03. The molecular formula is C54H33BN12. The monoisotopic (exact) mass is 860 g/mol. The van der Waals surface area contributed by atoms with Crippen molar-refractivity contribution in [1.29, 1.82) is 0 Å². The number of aliphatic imine (C=N–C) groups is 3. The fraction of sp³-hybridized carbons (Fsp3) is 0.0556. The van der Waals surface area contributed by atoms with Gasteiger partial charge in [0.25, 0.3) is 0 Å². The van der Waals surface area contributed by atoms with E-state index in [4.69, 9.17) is 44.9 Å². The first kappa shape index (κ1) is 36.4. The van der Waals surface area contributed by atoms with Crippen molar-refractivity contribution in [3.8, 4) is 67.5 Å². The first-order valence-corrected chi connectivity index (χ1v) is 22.4. The van der Waals surface area contributed by atoms with Crippen molar-refractivity contribution in [3.05, 3.63) is 216 Å². The fourth-order valence-corrected chi connectivity index (χ4v) is 10.5. The maximum absolute atomic E-state index is 5.65. The van der Waals surface area contributed by atoms with Crippen LogP contribution in [0.25, 0.3) is 67.5 Å². The topological polar surface area (TPSA) is 124 Å². The third kappa shape index (κ3) is 5.16. The van der Waals surface area contributed by atoms with Crippen LogP contribution < -0.4 is 0 Å². The molecule has 0 spiro atoms. The molecule has 9 heterocycles. The van der Waals surface area contributed by atoms with Crippen LogP contribution in [0.1, 0.15) is 52.7 Å². The summed E-state index contributed by atoms with van der Waals surface area (Å²) in [6.45, 7) is 0. The Hall–Kier alpha value is -8.97. The van der Waals surface area contributed by atoms with Crippen molar-refractivity contribution < 1.29 is 0 Å². The van der Waals surface area contributed by atoms with E-state index >= 15 is 0 Å². The van der Waals surface area contributed by atoms with Crippen LogP contribution in [0.3, 0.4) is 0 Å². The van der Waals surface area contributed by atoms with Gasteiger partial charge in [0, 0.05) is 33.4 Å². The summed E-state index contributed by atoms with van der Waals surface area (Å²) >= 11 is 0. The lowest BCUT2D eigenvalue weighted by Gasteiger charge is -2.51. The summed E-state index contributed by atoms with van der Waals surface area (Å²) in [5.74, 6) is 2.11. The molecule has 9 aromatic rings. The predicted octanol–water partition coefficient (Wildman–Crippen LogP) is 9.67. The Morgan fingerprint density at radius 1 is 0.254 bits per heavy atom. The Morgan fingerprint density at radius 2 is 0.463 bits per heavy atom. The van der Waals surface area contributed by atoms with E-state index < -0.39 is 25.6 Å². The second-order valence-corrected chi connectivity index (χ2v) is 17.2. The average molecular weight is 861 g/mol. The van der Waals surface area contributed by atoms with Gasteiger partial charge in [0.1, 0.15) is 51.7 Å². The first-order chi connectivity index (χ1) is 33.2. The third-order valence-electron chi connectivity index (χ3n) is 13.4. The van der Waals surface area contributed by atoms with Crippen LogP contribution in [0, 0.1) is 0 Å². The minimum Gasteiger partial charge on any atom is -0.332 e. The standard InChI is InChI=1S/C54H33BN12/c1-7-19-31(20-8-1)37-38(32-21-9-2-10-22-32)57-44-43(56-37)49-62-51-45-46(59-40(34-25-13-4-14-26-34)39(58-45)33-23-11-3-12-24-33)53-64-54-48-47(52-63-50(44)65(49)55(66(51)53)67(52)54)60-41(35-27-15-5-16-28-35)42(61-48)36-29-17-6-18-30-36/h1-30,49,52-53H. The molecule has 3 aromatic heterocycles. The number of amidine groups is 3. The van der Waals surface area contributed by atoms with Gasteiger partial charge in [-0.25, -0.2) is 44.9 Å². The Morgan fingerprint density at radius 3 is 0.687 bits per heavy atom. The van der Waals surface area contributed by atoms with E-state index in [1.807, 2.05) is 109 Å². The molecule has 0 bridgehead atoms. The second-order valence-electron chi connectivity index (χ2n) is 17.2. The maximum atomic E-state index is 5.65. The molecule has 67 heavy (non-hydrogen) atoms. The van der Waals surface area contributed by atoms with E-state index in [1.54, 1.807) is 0 Å². The molecule has 15 rings (SSSR count). The van der Waals surface area contributed by atoms with Gasteiger partial charge in [-0.1, -0.05) is 182 Å². The summed E-state index contributed by atoms with van der Waals surface area (Å²) in [4.78, 5) is 57.2. The highest BCUT2D eigenvalue weighted by Gasteiger charge is 2.66. The highest BCUT2D eigenvalue weighted by Crippen LogP contribution is 2.55. The van der Waals surface area contributed by atoms with Crippen LogP contribution in [0.15, 0.2) is 197 Å². The Labute approximate surface area is 384 Å². The van der Waals surface area contributed by atoms with Gasteiger partial charge in [0.15, 0.2) is 18.5 Å². The zero-order valence-electron chi connectivity index (χ0n) is 35.5. The van der Waals surface area contributed by atoms with Gasteiger partial charge in [-0.05, 0) is 0 Å². The summed E-state index contributed by atoms with van der Waals surface area (Å²) in [5, 5.41) is 0. The largest absolute Gasteiger partial charge is 0.514 e. The molecule has 0 amide bonds. The summed E-state index contributed by atoms with van der Waals surface area (Å²) in [5.41, 5.74) is 14.7. The number of aromatic nitrogens is 6. The van der Waals surface area contributed by atoms with Gasteiger partial charge in [-0.3, -0.25) is 0 Å². The number of hydrogen-bond acceptors (Lipinski definition) is 12. The fourth-order valence-electron chi connectivity index (χ4n) is 10.5. The molecule has 12 nitrogen and oxygen atoms in total. The number of hydrogen-bond donors (Lipinski definition) is 0. The molecule has 3 unspecified atom stereocenters. The molecule has 6 aliphatic rings. The number of nitrogens with zero attached hydrogens (tertiary/aromatic N) is 12. The molecule has 0 radical (unpaired) electrons. The zero-order valence-corrected chi connectivity index (χ0v) is 35.5. The molecule has 6 aromatic carbocycles. The molecular weight excluding hydrogens is 827 g/mol. The van der Waals surface area contributed by atoms with Gasteiger partial charge in [-0.2, -0.15) is 0 Å². The van der Waals surface area contributed by atoms with E-state index in [1.165, 1.54) is 0 Å². The van der Waals surface area contributed by atoms with Crippen molar-refractivity contribution in [3.63, 3.8) is 0 Å². The highest BCUT2D eigenvalue weighted by atomic mass is 15.6. The van der Waals surface area contributed by atoms with Crippen LogP contribution in [0.5, 0.6) is 0 Å². The van der Waals surface area contributed by atoms with Gasteiger partial charge in [-0.15, -0.1) is 0 Å². The Kier molecular flexibility index (Phi) is 7.48. The molecule has 0 N–H and O–H groups in total. The third-order valence-corrected chi connectivity index (χ3v) is 13.4. The van der Waals surface area contributed by atoms with E-state index in [2.05, 4.69) is 87.2 Å². The van der Waals surface area contributed by atoms with E-state index in [9.17, 15) is 0 Å². The molecule has 312 valence electrons. The molecule has 13 heteroatoms. The molecule has 0 saturated carbocycles. The van der Waals surface area contributed by atoms with Crippen LogP contribution in [-0.2, 0) is 0 Å². The minimum atomic E-state index is -0.586. The average Bonchev–Trinajstić information content (AvgIpc) is 4.02. The predicted molar refractivity (Wildman–Crippen MR) is 258 cm³/mol.